The monoisotopic (exact) mass is 334 g/mol. The van der Waals surface area contributed by atoms with E-state index in [1.807, 2.05) is 35.9 Å². The number of rotatable bonds is 7. The Morgan fingerprint density at radius 1 is 1.35 bits per heavy atom. The van der Waals surface area contributed by atoms with Gasteiger partial charge >= 0.3 is 6.03 Å². The summed E-state index contributed by atoms with van der Waals surface area (Å²) in [5.74, 6) is 0.621. The predicted octanol–water partition coefficient (Wildman–Crippen LogP) is 3.26. The Morgan fingerprint density at radius 2 is 2.13 bits per heavy atom. The molecule has 1 unspecified atom stereocenters. The molecule has 124 valence electrons. The molecule has 2 amide bonds. The number of amides is 2. The van der Waals surface area contributed by atoms with Crippen LogP contribution in [-0.2, 0) is 6.42 Å². The number of thiophene rings is 1. The highest BCUT2D eigenvalue weighted by molar-refractivity contribution is 7.07. The lowest BCUT2D eigenvalue weighted by Crippen LogP contribution is -2.43. The van der Waals surface area contributed by atoms with Crippen LogP contribution in [0.2, 0.25) is 0 Å². The van der Waals surface area contributed by atoms with Gasteiger partial charge in [-0.2, -0.15) is 11.3 Å². The molecule has 0 spiro atoms. The molecule has 5 nitrogen and oxygen atoms in total. The van der Waals surface area contributed by atoms with Gasteiger partial charge in [-0.25, -0.2) is 4.79 Å². The molecular weight excluding hydrogens is 312 g/mol. The first-order valence-corrected chi connectivity index (χ1v) is 8.44. The molecular formula is C17H22N2O3S. The molecule has 0 saturated heterocycles. The van der Waals surface area contributed by atoms with Gasteiger partial charge in [0.2, 0.25) is 0 Å². The number of ether oxygens (including phenoxy) is 1. The van der Waals surface area contributed by atoms with E-state index in [9.17, 15) is 9.90 Å². The molecule has 0 bridgehead atoms. The number of para-hydroxylation sites is 2. The summed E-state index contributed by atoms with van der Waals surface area (Å²) in [7, 11) is 0. The minimum absolute atomic E-state index is 0.158. The highest BCUT2D eigenvalue weighted by Gasteiger charge is 2.22. The van der Waals surface area contributed by atoms with Gasteiger partial charge in [-0.05, 0) is 48.4 Å². The maximum Gasteiger partial charge on any atom is 0.319 e. The first kappa shape index (κ1) is 17.3. The fourth-order valence-corrected chi connectivity index (χ4v) is 2.85. The van der Waals surface area contributed by atoms with E-state index in [2.05, 4.69) is 10.6 Å². The van der Waals surface area contributed by atoms with E-state index >= 15 is 0 Å². The maximum absolute atomic E-state index is 12.0. The van der Waals surface area contributed by atoms with Gasteiger partial charge in [0.1, 0.15) is 5.75 Å². The number of urea groups is 1. The summed E-state index contributed by atoms with van der Waals surface area (Å²) in [5, 5.41) is 19.8. The van der Waals surface area contributed by atoms with E-state index in [1.54, 1.807) is 30.4 Å². The standard InChI is InChI=1S/C17H22N2O3S/c1-3-22-15-7-5-4-6-14(15)19-16(20)18-12-17(2,21)10-13-8-9-23-11-13/h4-9,11,21H,3,10,12H2,1-2H3,(H2,18,19,20). The summed E-state index contributed by atoms with van der Waals surface area (Å²) in [6.45, 7) is 4.28. The molecule has 0 saturated carbocycles. The van der Waals surface area contributed by atoms with Crippen LogP contribution in [0.1, 0.15) is 19.4 Å². The topological polar surface area (TPSA) is 70.6 Å². The van der Waals surface area contributed by atoms with Crippen LogP contribution in [0.25, 0.3) is 0 Å². The molecule has 0 radical (unpaired) electrons. The Labute approximate surface area is 140 Å². The van der Waals surface area contributed by atoms with Crippen molar-refractivity contribution in [1.82, 2.24) is 5.32 Å². The second-order valence-electron chi connectivity index (χ2n) is 5.54. The zero-order valence-corrected chi connectivity index (χ0v) is 14.2. The zero-order valence-electron chi connectivity index (χ0n) is 13.3. The average Bonchev–Trinajstić information content (AvgIpc) is 3.00. The maximum atomic E-state index is 12.0. The SMILES string of the molecule is CCOc1ccccc1NC(=O)NCC(C)(O)Cc1ccsc1. The molecule has 2 aromatic rings. The minimum atomic E-state index is -1.00. The van der Waals surface area contributed by atoms with Crippen LogP contribution >= 0.6 is 11.3 Å². The zero-order chi connectivity index (χ0) is 16.7. The first-order valence-electron chi connectivity index (χ1n) is 7.50. The normalized spacial score (nSPS) is 13.2. The van der Waals surface area contributed by atoms with E-state index in [0.29, 0.717) is 24.5 Å². The van der Waals surface area contributed by atoms with Crippen molar-refractivity contribution in [2.24, 2.45) is 0 Å². The first-order chi connectivity index (χ1) is 11.0. The molecule has 0 aliphatic rings. The second kappa shape index (κ2) is 7.99. The highest BCUT2D eigenvalue weighted by Crippen LogP contribution is 2.23. The molecule has 1 aromatic heterocycles. The number of carbonyl (C=O) groups excluding carboxylic acids is 1. The number of anilines is 1. The molecule has 3 N–H and O–H groups in total. The fraction of sp³-hybridized carbons (Fsp3) is 0.353. The lowest BCUT2D eigenvalue weighted by atomic mass is 9.98. The molecule has 1 aromatic carbocycles. The third-order valence-corrected chi connectivity index (χ3v) is 3.96. The predicted molar refractivity (Wildman–Crippen MR) is 93.3 cm³/mol. The van der Waals surface area contributed by atoms with Crippen molar-refractivity contribution >= 4 is 23.1 Å². The van der Waals surface area contributed by atoms with Gasteiger partial charge in [0.15, 0.2) is 0 Å². The van der Waals surface area contributed by atoms with E-state index < -0.39 is 5.60 Å². The number of aliphatic hydroxyl groups is 1. The van der Waals surface area contributed by atoms with Crippen LogP contribution in [0.5, 0.6) is 5.75 Å². The number of hydrogen-bond donors (Lipinski definition) is 3. The Bertz CT molecular complexity index is 627. The van der Waals surface area contributed by atoms with E-state index in [1.165, 1.54) is 0 Å². The summed E-state index contributed by atoms with van der Waals surface area (Å²) in [5.41, 5.74) is 0.658. The fourth-order valence-electron chi connectivity index (χ4n) is 2.18. The molecule has 6 heteroatoms. The minimum Gasteiger partial charge on any atom is -0.492 e. The Morgan fingerprint density at radius 3 is 2.83 bits per heavy atom. The van der Waals surface area contributed by atoms with Crippen LogP contribution in [0.4, 0.5) is 10.5 Å². The van der Waals surface area contributed by atoms with Gasteiger partial charge in [-0.15, -0.1) is 0 Å². The molecule has 0 aliphatic heterocycles. The van der Waals surface area contributed by atoms with E-state index in [4.69, 9.17) is 4.74 Å². The van der Waals surface area contributed by atoms with Crippen LogP contribution in [0, 0.1) is 0 Å². The van der Waals surface area contributed by atoms with E-state index in [-0.39, 0.29) is 12.6 Å². The van der Waals surface area contributed by atoms with Gasteiger partial charge in [0, 0.05) is 13.0 Å². The smallest absolute Gasteiger partial charge is 0.319 e. The number of benzene rings is 1. The van der Waals surface area contributed by atoms with Crippen molar-refractivity contribution in [2.45, 2.75) is 25.9 Å². The van der Waals surface area contributed by atoms with Gasteiger partial charge in [-0.1, -0.05) is 12.1 Å². The molecule has 0 fully saturated rings. The van der Waals surface area contributed by atoms with E-state index in [0.717, 1.165) is 5.56 Å². The largest absolute Gasteiger partial charge is 0.492 e. The quantitative estimate of drug-likeness (QED) is 0.728. The summed E-state index contributed by atoms with van der Waals surface area (Å²) in [4.78, 5) is 12.0. The third kappa shape index (κ3) is 5.58. The van der Waals surface area contributed by atoms with Crippen molar-refractivity contribution in [2.75, 3.05) is 18.5 Å². The molecule has 2 rings (SSSR count). The van der Waals surface area contributed by atoms with Crippen molar-refractivity contribution < 1.29 is 14.6 Å². The highest BCUT2D eigenvalue weighted by atomic mass is 32.1. The van der Waals surface area contributed by atoms with Crippen molar-refractivity contribution in [3.63, 3.8) is 0 Å². The molecule has 23 heavy (non-hydrogen) atoms. The summed E-state index contributed by atoms with van der Waals surface area (Å²) >= 11 is 1.59. The third-order valence-electron chi connectivity index (χ3n) is 3.23. The average molecular weight is 334 g/mol. The Hall–Kier alpha value is -2.05. The van der Waals surface area contributed by atoms with Crippen LogP contribution in [0.15, 0.2) is 41.1 Å². The summed E-state index contributed by atoms with van der Waals surface area (Å²) in [6, 6.07) is 8.84. The van der Waals surface area contributed by atoms with Crippen molar-refractivity contribution in [1.29, 1.82) is 0 Å². The van der Waals surface area contributed by atoms with Gasteiger partial charge in [-0.3, -0.25) is 0 Å². The lowest BCUT2D eigenvalue weighted by Gasteiger charge is -2.23. The lowest BCUT2D eigenvalue weighted by molar-refractivity contribution is 0.0630. The molecule has 1 heterocycles. The number of hydrogen-bond acceptors (Lipinski definition) is 4. The van der Waals surface area contributed by atoms with Gasteiger partial charge in [0.25, 0.3) is 0 Å². The Kier molecular flexibility index (Phi) is 6.01. The molecule has 1 atom stereocenters. The Balaban J connectivity index is 1.87. The van der Waals surface area contributed by atoms with Gasteiger partial charge < -0.3 is 20.5 Å². The van der Waals surface area contributed by atoms with Crippen molar-refractivity contribution in [3.05, 3.63) is 46.7 Å². The van der Waals surface area contributed by atoms with Crippen molar-refractivity contribution in [3.8, 4) is 5.75 Å². The summed E-state index contributed by atoms with van der Waals surface area (Å²) in [6.07, 6.45) is 0.492. The number of carbonyl (C=O) groups is 1. The summed E-state index contributed by atoms with van der Waals surface area (Å²) < 4.78 is 5.46. The van der Waals surface area contributed by atoms with Gasteiger partial charge in [0.05, 0.1) is 17.9 Å². The van der Waals surface area contributed by atoms with Crippen LogP contribution in [-0.4, -0.2) is 29.9 Å². The number of nitrogens with one attached hydrogen (secondary N) is 2. The molecule has 0 aliphatic carbocycles. The van der Waals surface area contributed by atoms with Crippen LogP contribution in [0.3, 0.4) is 0 Å². The van der Waals surface area contributed by atoms with Crippen LogP contribution < -0.4 is 15.4 Å². The second-order valence-corrected chi connectivity index (χ2v) is 6.32.